The number of carbonyl (C=O) groups is 2. The zero-order chi connectivity index (χ0) is 26.0. The molecule has 2 aliphatic rings. The Hall–Kier alpha value is -3.66. The molecule has 0 unspecified atom stereocenters. The van der Waals surface area contributed by atoms with Gasteiger partial charge in [0.25, 0.3) is 15.9 Å². The first-order valence-corrected chi connectivity index (χ1v) is 14.0. The van der Waals surface area contributed by atoms with E-state index in [4.69, 9.17) is 4.74 Å². The average molecular weight is 523 g/mol. The Morgan fingerprint density at radius 3 is 2.41 bits per heavy atom. The Kier molecular flexibility index (Phi) is 7.01. The van der Waals surface area contributed by atoms with Crippen LogP contribution in [0.15, 0.2) is 59.6 Å². The second kappa shape index (κ2) is 10.4. The molecule has 2 fully saturated rings. The quantitative estimate of drug-likeness (QED) is 0.539. The molecule has 2 heterocycles. The van der Waals surface area contributed by atoms with Gasteiger partial charge in [0.1, 0.15) is 11.0 Å². The number of rotatable bonds is 5. The monoisotopic (exact) mass is 522 g/mol. The van der Waals surface area contributed by atoms with Gasteiger partial charge in [0, 0.05) is 43.3 Å². The van der Waals surface area contributed by atoms with Gasteiger partial charge in [-0.3, -0.25) is 14.5 Å². The van der Waals surface area contributed by atoms with Crippen LogP contribution in [0, 0.1) is 6.92 Å². The van der Waals surface area contributed by atoms with Gasteiger partial charge in [-0.2, -0.15) is 0 Å². The Balaban J connectivity index is 1.23. The van der Waals surface area contributed by atoms with E-state index in [0.29, 0.717) is 48.5 Å². The number of pyridine rings is 1. The molecule has 3 aromatic rings. The van der Waals surface area contributed by atoms with Crippen LogP contribution in [0.3, 0.4) is 0 Å². The number of aromatic nitrogens is 1. The number of carbonyl (C=O) groups excluding carboxylic acids is 2. The number of sulfonamides is 1. The maximum absolute atomic E-state index is 13.2. The van der Waals surface area contributed by atoms with Gasteiger partial charge in [-0.15, -0.1) is 0 Å². The van der Waals surface area contributed by atoms with Crippen molar-refractivity contribution in [3.8, 4) is 0 Å². The first-order chi connectivity index (χ1) is 17.8. The summed E-state index contributed by atoms with van der Waals surface area (Å²) in [4.78, 5) is 33.2. The number of hydrogen-bond acceptors (Lipinski definition) is 6. The third-order valence-corrected chi connectivity index (χ3v) is 8.39. The molecule has 2 amide bonds. The fourth-order valence-corrected chi connectivity index (χ4v) is 6.21. The summed E-state index contributed by atoms with van der Waals surface area (Å²) in [5, 5.41) is 0.731. The van der Waals surface area contributed by atoms with Crippen LogP contribution in [-0.2, 0) is 14.8 Å². The van der Waals surface area contributed by atoms with E-state index in [2.05, 4.69) is 9.71 Å². The molecule has 1 saturated carbocycles. The van der Waals surface area contributed by atoms with Gasteiger partial charge in [0.15, 0.2) is 0 Å². The fraction of sp³-hybridized carbons (Fsp3) is 0.370. The molecule has 1 saturated heterocycles. The van der Waals surface area contributed by atoms with E-state index in [0.717, 1.165) is 31.1 Å². The lowest BCUT2D eigenvalue weighted by atomic mass is 10.1. The molecule has 1 aliphatic carbocycles. The van der Waals surface area contributed by atoms with Crippen LogP contribution in [0.25, 0.3) is 10.9 Å². The lowest BCUT2D eigenvalue weighted by Gasteiger charge is -2.34. The molecule has 10 heteroatoms. The third-order valence-electron chi connectivity index (χ3n) is 7.00. The summed E-state index contributed by atoms with van der Waals surface area (Å²) in [6.07, 6.45) is 5.32. The summed E-state index contributed by atoms with van der Waals surface area (Å²) < 4.78 is 34.5. The van der Waals surface area contributed by atoms with Crippen LogP contribution in [0.2, 0.25) is 0 Å². The minimum atomic E-state index is -3.90. The summed E-state index contributed by atoms with van der Waals surface area (Å²) in [6, 6.07) is 13.5. The van der Waals surface area contributed by atoms with Gasteiger partial charge >= 0.3 is 6.09 Å². The lowest BCUT2D eigenvalue weighted by Crippen LogP contribution is -2.51. The van der Waals surface area contributed by atoms with Crippen molar-refractivity contribution in [2.24, 2.45) is 0 Å². The number of fused-ring (bicyclic) bond motifs is 1. The third kappa shape index (κ3) is 5.39. The Labute approximate surface area is 216 Å². The van der Waals surface area contributed by atoms with Gasteiger partial charge in [-0.25, -0.2) is 13.2 Å². The molecule has 0 radical (unpaired) electrons. The number of benzene rings is 2. The van der Waals surface area contributed by atoms with Gasteiger partial charge in [-0.1, -0.05) is 18.2 Å². The lowest BCUT2D eigenvalue weighted by molar-refractivity contribution is 0.0422. The summed E-state index contributed by atoms with van der Waals surface area (Å²) in [5.74, 6) is -0.153. The van der Waals surface area contributed by atoms with E-state index in [1.54, 1.807) is 53.3 Å². The van der Waals surface area contributed by atoms with Gasteiger partial charge in [0.2, 0.25) is 0 Å². The number of piperazine rings is 1. The van der Waals surface area contributed by atoms with Crippen LogP contribution in [-0.4, -0.2) is 67.5 Å². The molecule has 0 bridgehead atoms. The highest BCUT2D eigenvalue weighted by atomic mass is 32.2. The second-order valence-electron chi connectivity index (χ2n) is 9.54. The number of amides is 2. The summed E-state index contributed by atoms with van der Waals surface area (Å²) >= 11 is 0. The van der Waals surface area contributed by atoms with Crippen LogP contribution in [0.4, 0.5) is 10.5 Å². The first-order valence-electron chi connectivity index (χ1n) is 12.5. The second-order valence-corrected chi connectivity index (χ2v) is 11.2. The summed E-state index contributed by atoms with van der Waals surface area (Å²) in [6.45, 7) is 3.44. The average Bonchev–Trinajstić information content (AvgIpc) is 3.42. The highest BCUT2D eigenvalue weighted by molar-refractivity contribution is 7.93. The standard InChI is InChI=1S/C27H30N4O5S/c1-19-18-21(26(32)30-14-16-31(17-15-30)27(33)36-22-8-2-3-9-22)11-12-23(19)29-37(34,35)24-10-4-6-20-7-5-13-28-25(20)24/h4-7,10-13,18,22,29H,2-3,8-9,14-17H2,1H3. The van der Waals surface area contributed by atoms with Crippen molar-refractivity contribution in [3.05, 3.63) is 65.9 Å². The molecule has 0 spiro atoms. The van der Waals surface area contributed by atoms with Crippen LogP contribution in [0.5, 0.6) is 0 Å². The molecule has 2 aromatic carbocycles. The van der Waals surface area contributed by atoms with E-state index >= 15 is 0 Å². The number of para-hydroxylation sites is 1. The topological polar surface area (TPSA) is 109 Å². The minimum absolute atomic E-state index is 0.0166. The van der Waals surface area contributed by atoms with Crippen LogP contribution >= 0.6 is 0 Å². The molecular weight excluding hydrogens is 492 g/mol. The molecule has 37 heavy (non-hydrogen) atoms. The summed E-state index contributed by atoms with van der Waals surface area (Å²) in [5.41, 5.74) is 1.88. The zero-order valence-electron chi connectivity index (χ0n) is 20.7. The molecule has 5 rings (SSSR count). The van der Waals surface area contributed by atoms with Crippen molar-refractivity contribution in [1.82, 2.24) is 14.8 Å². The number of anilines is 1. The number of hydrogen-bond donors (Lipinski definition) is 1. The molecule has 1 N–H and O–H groups in total. The van der Waals surface area contributed by atoms with E-state index in [9.17, 15) is 18.0 Å². The van der Waals surface area contributed by atoms with Gasteiger partial charge < -0.3 is 14.5 Å². The fourth-order valence-electron chi connectivity index (χ4n) is 4.90. The van der Waals surface area contributed by atoms with Crippen molar-refractivity contribution in [3.63, 3.8) is 0 Å². The largest absolute Gasteiger partial charge is 0.446 e. The normalized spacial score (nSPS) is 16.7. The highest BCUT2D eigenvalue weighted by Gasteiger charge is 2.28. The van der Waals surface area contributed by atoms with Crippen molar-refractivity contribution in [1.29, 1.82) is 0 Å². The van der Waals surface area contributed by atoms with Crippen molar-refractivity contribution in [2.45, 2.75) is 43.6 Å². The maximum Gasteiger partial charge on any atom is 0.410 e. The number of nitrogens with zero attached hydrogens (tertiary/aromatic N) is 3. The van der Waals surface area contributed by atoms with E-state index in [-0.39, 0.29) is 23.0 Å². The molecule has 1 aromatic heterocycles. The van der Waals surface area contributed by atoms with Crippen molar-refractivity contribution in [2.75, 3.05) is 30.9 Å². The molecular formula is C27H30N4O5S. The minimum Gasteiger partial charge on any atom is -0.446 e. The van der Waals surface area contributed by atoms with Crippen molar-refractivity contribution < 1.29 is 22.7 Å². The predicted octanol–water partition coefficient (Wildman–Crippen LogP) is 4.18. The smallest absolute Gasteiger partial charge is 0.410 e. The van der Waals surface area contributed by atoms with Gasteiger partial charge in [-0.05, 0) is 68.5 Å². The Morgan fingerprint density at radius 2 is 1.68 bits per heavy atom. The van der Waals surface area contributed by atoms with Gasteiger partial charge in [0.05, 0.1) is 11.2 Å². The number of ether oxygens (including phenoxy) is 1. The maximum atomic E-state index is 13.2. The van der Waals surface area contributed by atoms with Crippen molar-refractivity contribution >= 4 is 38.6 Å². The number of aryl methyl sites for hydroxylation is 1. The Bertz CT molecular complexity index is 1420. The molecule has 9 nitrogen and oxygen atoms in total. The molecule has 1 aliphatic heterocycles. The molecule has 0 atom stereocenters. The van der Waals surface area contributed by atoms with Crippen LogP contribution in [0.1, 0.15) is 41.6 Å². The van der Waals surface area contributed by atoms with Crippen LogP contribution < -0.4 is 4.72 Å². The molecule has 194 valence electrons. The van der Waals surface area contributed by atoms with E-state index < -0.39 is 10.0 Å². The Morgan fingerprint density at radius 1 is 0.973 bits per heavy atom. The summed E-state index contributed by atoms with van der Waals surface area (Å²) in [7, 11) is -3.90. The van der Waals surface area contributed by atoms with E-state index in [1.165, 1.54) is 6.07 Å². The predicted molar refractivity (Wildman–Crippen MR) is 140 cm³/mol. The zero-order valence-corrected chi connectivity index (χ0v) is 21.5. The van der Waals surface area contributed by atoms with E-state index in [1.807, 2.05) is 12.1 Å². The SMILES string of the molecule is Cc1cc(C(=O)N2CCN(C(=O)OC3CCCC3)CC2)ccc1NS(=O)(=O)c1cccc2cccnc12. The highest BCUT2D eigenvalue weighted by Crippen LogP contribution is 2.26. The number of nitrogens with one attached hydrogen (secondary N) is 1. The first kappa shape index (κ1) is 25.0.